The molecule has 16 heavy (non-hydrogen) atoms. The van der Waals surface area contributed by atoms with Gasteiger partial charge in [0.05, 0.1) is 6.61 Å². The molecular formula is C11H17NO4. The van der Waals surface area contributed by atoms with Gasteiger partial charge in [-0.25, -0.2) is 9.59 Å². The first-order valence-corrected chi connectivity index (χ1v) is 5.05. The second-order valence-electron chi connectivity index (χ2n) is 2.76. The normalized spacial score (nSPS) is 9.81. The van der Waals surface area contributed by atoms with E-state index in [1.807, 2.05) is 6.92 Å². The summed E-state index contributed by atoms with van der Waals surface area (Å²) in [6.07, 6.45) is 4.72. The minimum atomic E-state index is -0.455. The predicted molar refractivity (Wildman–Crippen MR) is 59.9 cm³/mol. The number of carbonyl (C=O) groups excluding carboxylic acids is 2. The van der Waals surface area contributed by atoms with Crippen molar-refractivity contribution < 1.29 is 19.1 Å². The average Bonchev–Trinajstić information content (AvgIpc) is 2.27. The molecule has 0 saturated heterocycles. The van der Waals surface area contributed by atoms with Crippen LogP contribution in [0.1, 0.15) is 13.3 Å². The van der Waals surface area contributed by atoms with E-state index in [-0.39, 0.29) is 6.61 Å². The Kier molecular flexibility index (Phi) is 8.68. The largest absolute Gasteiger partial charge is 0.458 e. The summed E-state index contributed by atoms with van der Waals surface area (Å²) < 4.78 is 9.50. The summed E-state index contributed by atoms with van der Waals surface area (Å²) in [5.74, 6) is -0.455. The molecule has 0 aliphatic carbocycles. The number of hydrogen-bond donors (Lipinski definition) is 1. The first-order chi connectivity index (χ1) is 7.70. The zero-order valence-corrected chi connectivity index (χ0v) is 9.40. The number of amides is 1. The fourth-order valence-electron chi connectivity index (χ4n) is 0.790. The Labute approximate surface area is 95.1 Å². The SMILES string of the molecule is C=CC(=O)OC/C=C/CCOC(=O)NCC. The summed E-state index contributed by atoms with van der Waals surface area (Å²) in [4.78, 5) is 21.4. The molecule has 5 nitrogen and oxygen atoms in total. The summed E-state index contributed by atoms with van der Waals surface area (Å²) >= 11 is 0. The summed E-state index contributed by atoms with van der Waals surface area (Å²) in [5.41, 5.74) is 0. The van der Waals surface area contributed by atoms with Crippen molar-refractivity contribution in [2.24, 2.45) is 0 Å². The average molecular weight is 227 g/mol. The van der Waals surface area contributed by atoms with Gasteiger partial charge in [-0.3, -0.25) is 0 Å². The lowest BCUT2D eigenvalue weighted by molar-refractivity contribution is -0.136. The summed E-state index contributed by atoms with van der Waals surface area (Å²) in [6, 6.07) is 0. The monoisotopic (exact) mass is 227 g/mol. The van der Waals surface area contributed by atoms with Crippen molar-refractivity contribution in [3.63, 3.8) is 0 Å². The van der Waals surface area contributed by atoms with E-state index in [4.69, 9.17) is 9.47 Å². The molecular weight excluding hydrogens is 210 g/mol. The Hall–Kier alpha value is -1.78. The van der Waals surface area contributed by atoms with Gasteiger partial charge in [-0.15, -0.1) is 0 Å². The highest BCUT2D eigenvalue weighted by Gasteiger charge is 1.96. The molecule has 0 aromatic carbocycles. The molecule has 0 fully saturated rings. The highest BCUT2D eigenvalue weighted by atomic mass is 16.5. The van der Waals surface area contributed by atoms with Crippen molar-refractivity contribution in [2.75, 3.05) is 19.8 Å². The Bertz CT molecular complexity index is 261. The van der Waals surface area contributed by atoms with Crippen LogP contribution in [0.25, 0.3) is 0 Å². The zero-order valence-electron chi connectivity index (χ0n) is 9.40. The van der Waals surface area contributed by atoms with Crippen LogP contribution < -0.4 is 5.32 Å². The Morgan fingerprint density at radius 3 is 2.69 bits per heavy atom. The van der Waals surface area contributed by atoms with Crippen molar-refractivity contribution >= 4 is 12.1 Å². The number of hydrogen-bond acceptors (Lipinski definition) is 4. The molecule has 0 bridgehead atoms. The molecule has 1 N–H and O–H groups in total. The molecule has 0 atom stereocenters. The van der Waals surface area contributed by atoms with Gasteiger partial charge in [0.2, 0.25) is 0 Å². The molecule has 0 aromatic heterocycles. The van der Waals surface area contributed by atoms with Gasteiger partial charge in [0.15, 0.2) is 0 Å². The van der Waals surface area contributed by atoms with Crippen molar-refractivity contribution in [1.82, 2.24) is 5.32 Å². The Morgan fingerprint density at radius 2 is 2.06 bits per heavy atom. The fourth-order valence-corrected chi connectivity index (χ4v) is 0.790. The van der Waals surface area contributed by atoms with Crippen molar-refractivity contribution in [3.8, 4) is 0 Å². The van der Waals surface area contributed by atoms with Crippen LogP contribution in [0.3, 0.4) is 0 Å². The van der Waals surface area contributed by atoms with E-state index in [9.17, 15) is 9.59 Å². The summed E-state index contributed by atoms with van der Waals surface area (Å²) in [5, 5.41) is 2.50. The maximum Gasteiger partial charge on any atom is 0.407 e. The first kappa shape index (κ1) is 14.2. The number of alkyl carbamates (subject to hydrolysis) is 1. The summed E-state index contributed by atoms with van der Waals surface area (Å²) in [6.45, 7) is 6.13. The quantitative estimate of drug-likeness (QED) is 0.309. The smallest absolute Gasteiger partial charge is 0.407 e. The number of ether oxygens (including phenoxy) is 2. The maximum absolute atomic E-state index is 10.8. The van der Waals surface area contributed by atoms with Crippen LogP contribution in [0, 0.1) is 0 Å². The lowest BCUT2D eigenvalue weighted by atomic mass is 10.4. The van der Waals surface area contributed by atoms with Crippen LogP contribution in [0.5, 0.6) is 0 Å². The third kappa shape index (κ3) is 8.80. The third-order valence-electron chi connectivity index (χ3n) is 1.49. The summed E-state index contributed by atoms with van der Waals surface area (Å²) in [7, 11) is 0. The van der Waals surface area contributed by atoms with E-state index in [0.717, 1.165) is 6.08 Å². The molecule has 90 valence electrons. The van der Waals surface area contributed by atoms with Crippen LogP contribution >= 0.6 is 0 Å². The van der Waals surface area contributed by atoms with Crippen LogP contribution in [0.2, 0.25) is 0 Å². The van der Waals surface area contributed by atoms with Gasteiger partial charge in [-0.1, -0.05) is 18.7 Å². The molecule has 5 heteroatoms. The van der Waals surface area contributed by atoms with Gasteiger partial charge in [0, 0.05) is 12.6 Å². The Morgan fingerprint density at radius 1 is 1.31 bits per heavy atom. The van der Waals surface area contributed by atoms with E-state index < -0.39 is 12.1 Å². The highest BCUT2D eigenvalue weighted by molar-refractivity contribution is 5.81. The number of nitrogens with one attached hydrogen (secondary N) is 1. The van der Waals surface area contributed by atoms with E-state index in [2.05, 4.69) is 11.9 Å². The topological polar surface area (TPSA) is 64.6 Å². The van der Waals surface area contributed by atoms with E-state index in [1.54, 1.807) is 12.2 Å². The minimum absolute atomic E-state index is 0.200. The molecule has 0 radical (unpaired) electrons. The number of esters is 1. The van der Waals surface area contributed by atoms with Crippen molar-refractivity contribution in [1.29, 1.82) is 0 Å². The van der Waals surface area contributed by atoms with Crippen LogP contribution in [-0.2, 0) is 14.3 Å². The molecule has 0 rings (SSSR count). The molecule has 0 aliphatic rings. The molecule has 1 amide bonds. The van der Waals surface area contributed by atoms with Gasteiger partial charge < -0.3 is 14.8 Å². The van der Waals surface area contributed by atoms with E-state index in [0.29, 0.717) is 19.6 Å². The van der Waals surface area contributed by atoms with Gasteiger partial charge in [-0.05, 0) is 13.3 Å². The molecule has 0 spiro atoms. The Balaban J connectivity index is 3.37. The van der Waals surface area contributed by atoms with Crippen molar-refractivity contribution in [2.45, 2.75) is 13.3 Å². The molecule has 0 aromatic rings. The standard InChI is InChI=1S/C11H17NO4/c1-3-10(13)15-8-6-5-7-9-16-11(14)12-4-2/h3,5-6H,1,4,7-9H2,2H3,(H,12,14)/b6-5+. The minimum Gasteiger partial charge on any atom is -0.458 e. The lowest BCUT2D eigenvalue weighted by Gasteiger charge is -2.02. The second-order valence-corrected chi connectivity index (χ2v) is 2.76. The first-order valence-electron chi connectivity index (χ1n) is 5.05. The predicted octanol–water partition coefficient (Wildman–Crippen LogP) is 1.41. The second kappa shape index (κ2) is 9.76. The molecule has 0 unspecified atom stereocenters. The number of rotatable bonds is 7. The van der Waals surface area contributed by atoms with E-state index in [1.165, 1.54) is 0 Å². The van der Waals surface area contributed by atoms with Crippen LogP contribution in [-0.4, -0.2) is 31.8 Å². The van der Waals surface area contributed by atoms with Gasteiger partial charge in [-0.2, -0.15) is 0 Å². The molecule has 0 aliphatic heterocycles. The molecule has 0 saturated carbocycles. The number of carbonyl (C=O) groups is 2. The highest BCUT2D eigenvalue weighted by Crippen LogP contribution is 1.88. The molecule has 0 heterocycles. The lowest BCUT2D eigenvalue weighted by Crippen LogP contribution is -2.23. The van der Waals surface area contributed by atoms with E-state index >= 15 is 0 Å². The van der Waals surface area contributed by atoms with Crippen LogP contribution in [0.15, 0.2) is 24.8 Å². The fraction of sp³-hybridized carbons (Fsp3) is 0.455. The van der Waals surface area contributed by atoms with Gasteiger partial charge in [0.1, 0.15) is 6.61 Å². The van der Waals surface area contributed by atoms with Crippen molar-refractivity contribution in [3.05, 3.63) is 24.8 Å². The van der Waals surface area contributed by atoms with Gasteiger partial charge >= 0.3 is 12.1 Å². The zero-order chi connectivity index (χ0) is 12.2. The van der Waals surface area contributed by atoms with Gasteiger partial charge in [0.25, 0.3) is 0 Å². The third-order valence-corrected chi connectivity index (χ3v) is 1.49. The van der Waals surface area contributed by atoms with Crippen LogP contribution in [0.4, 0.5) is 4.79 Å². The maximum atomic E-state index is 10.8.